The molecule has 0 N–H and O–H groups in total. The Morgan fingerprint density at radius 3 is 2.53 bits per heavy atom. The maximum absolute atomic E-state index is 13.4. The molecule has 0 fully saturated rings. The van der Waals surface area contributed by atoms with Crippen molar-refractivity contribution in [2.75, 3.05) is 32.8 Å². The highest BCUT2D eigenvalue weighted by Crippen LogP contribution is 2.24. The Morgan fingerprint density at radius 2 is 1.79 bits per heavy atom. The van der Waals surface area contributed by atoms with Crippen LogP contribution in [0.2, 0.25) is 0 Å². The van der Waals surface area contributed by atoms with Crippen molar-refractivity contribution in [2.45, 2.75) is 53.0 Å². The maximum Gasteiger partial charge on any atom is 0.260 e. The van der Waals surface area contributed by atoms with Gasteiger partial charge in [-0.25, -0.2) is 0 Å². The summed E-state index contributed by atoms with van der Waals surface area (Å²) in [6.45, 7) is 10.5. The number of hydrogen-bond donors (Lipinski definition) is 0. The Bertz CT molecular complexity index is 959. The van der Waals surface area contributed by atoms with E-state index in [0.29, 0.717) is 43.5 Å². The fourth-order valence-electron chi connectivity index (χ4n) is 4.39. The standard InChI is InChI=1S/C28H38N2O4/c1-5-29-16-10-11-17-30(27(31)20-34-25-14-8-6-12-22(25)4)23(18-21(2)3)19-33-26-15-9-7-13-24(26)28(29)32/h6-9,12-15,21,23H,5,10-11,16-20H2,1-4H3/t23-/m0/s1. The molecule has 0 unspecified atom stereocenters. The molecule has 0 radical (unpaired) electrons. The SMILES string of the molecule is CCN1CCCCN(C(=O)COc2ccccc2C)[C@@H](CC(C)C)COc2ccccc2C1=O. The maximum atomic E-state index is 13.4. The van der Waals surface area contributed by atoms with E-state index in [4.69, 9.17) is 9.47 Å². The minimum atomic E-state index is -0.0992. The predicted octanol–water partition coefficient (Wildman–Crippen LogP) is 4.95. The number of amides is 2. The van der Waals surface area contributed by atoms with E-state index in [0.717, 1.165) is 30.6 Å². The first kappa shape index (κ1) is 25.6. The van der Waals surface area contributed by atoms with Gasteiger partial charge in [-0.05, 0) is 62.8 Å². The second-order valence-electron chi connectivity index (χ2n) is 9.32. The number of hydrogen-bond acceptors (Lipinski definition) is 4. The lowest BCUT2D eigenvalue weighted by Crippen LogP contribution is -2.47. The summed E-state index contributed by atoms with van der Waals surface area (Å²) in [5.41, 5.74) is 1.58. The van der Waals surface area contributed by atoms with Crippen LogP contribution in [0.1, 0.15) is 56.0 Å². The van der Waals surface area contributed by atoms with Crippen molar-refractivity contribution >= 4 is 11.8 Å². The second kappa shape index (κ2) is 12.4. The summed E-state index contributed by atoms with van der Waals surface area (Å²) in [5.74, 6) is 1.66. The summed E-state index contributed by atoms with van der Waals surface area (Å²) >= 11 is 0. The fraction of sp³-hybridized carbons (Fsp3) is 0.500. The van der Waals surface area contributed by atoms with Crippen LogP contribution in [0.4, 0.5) is 0 Å². The average Bonchev–Trinajstić information content (AvgIpc) is 2.82. The van der Waals surface area contributed by atoms with Gasteiger partial charge in [-0.3, -0.25) is 9.59 Å². The van der Waals surface area contributed by atoms with E-state index in [9.17, 15) is 9.59 Å². The van der Waals surface area contributed by atoms with Crippen LogP contribution in [0.5, 0.6) is 11.5 Å². The predicted molar refractivity (Wildman–Crippen MR) is 134 cm³/mol. The molecule has 184 valence electrons. The Morgan fingerprint density at radius 1 is 1.09 bits per heavy atom. The molecular weight excluding hydrogens is 428 g/mol. The van der Waals surface area contributed by atoms with Crippen molar-refractivity contribution in [2.24, 2.45) is 5.92 Å². The Labute approximate surface area is 203 Å². The fourth-order valence-corrected chi connectivity index (χ4v) is 4.39. The lowest BCUT2D eigenvalue weighted by atomic mass is 10.0. The van der Waals surface area contributed by atoms with Gasteiger partial charge in [0.15, 0.2) is 6.61 Å². The van der Waals surface area contributed by atoms with Gasteiger partial charge >= 0.3 is 0 Å². The van der Waals surface area contributed by atoms with Gasteiger partial charge in [0.1, 0.15) is 18.1 Å². The Hall–Kier alpha value is -3.02. The molecule has 0 saturated carbocycles. The van der Waals surface area contributed by atoms with Crippen LogP contribution in [0.3, 0.4) is 0 Å². The van der Waals surface area contributed by atoms with Gasteiger partial charge in [0.2, 0.25) is 0 Å². The molecule has 6 heteroatoms. The second-order valence-corrected chi connectivity index (χ2v) is 9.32. The molecule has 2 aromatic rings. The van der Waals surface area contributed by atoms with Crippen LogP contribution in [0, 0.1) is 12.8 Å². The van der Waals surface area contributed by atoms with Crippen LogP contribution in [-0.4, -0.2) is 60.5 Å². The molecule has 2 amide bonds. The number of fused-ring (bicyclic) bond motifs is 1. The number of rotatable bonds is 6. The monoisotopic (exact) mass is 466 g/mol. The first-order chi connectivity index (χ1) is 16.4. The number of benzene rings is 2. The smallest absolute Gasteiger partial charge is 0.260 e. The van der Waals surface area contributed by atoms with E-state index >= 15 is 0 Å². The van der Waals surface area contributed by atoms with Crippen LogP contribution >= 0.6 is 0 Å². The minimum Gasteiger partial charge on any atom is -0.491 e. The molecule has 1 aliphatic rings. The molecule has 0 spiro atoms. The highest BCUT2D eigenvalue weighted by molar-refractivity contribution is 5.97. The molecule has 2 aromatic carbocycles. The molecule has 0 aromatic heterocycles. The molecule has 1 atom stereocenters. The van der Waals surface area contributed by atoms with Gasteiger partial charge in [-0.1, -0.05) is 44.2 Å². The van der Waals surface area contributed by atoms with E-state index < -0.39 is 0 Å². The Kier molecular flexibility index (Phi) is 9.37. The lowest BCUT2D eigenvalue weighted by molar-refractivity contribution is -0.137. The van der Waals surface area contributed by atoms with Crippen molar-refractivity contribution in [3.8, 4) is 11.5 Å². The minimum absolute atomic E-state index is 0.00125. The van der Waals surface area contributed by atoms with Crippen molar-refractivity contribution in [3.63, 3.8) is 0 Å². The van der Waals surface area contributed by atoms with E-state index in [2.05, 4.69) is 13.8 Å². The van der Waals surface area contributed by atoms with Gasteiger partial charge in [0, 0.05) is 19.6 Å². The van der Waals surface area contributed by atoms with Crippen molar-refractivity contribution in [1.82, 2.24) is 9.80 Å². The number of aryl methyl sites for hydroxylation is 1. The highest BCUT2D eigenvalue weighted by atomic mass is 16.5. The Balaban J connectivity index is 1.83. The van der Waals surface area contributed by atoms with Gasteiger partial charge in [0.05, 0.1) is 11.6 Å². The average molecular weight is 467 g/mol. The molecule has 34 heavy (non-hydrogen) atoms. The molecular formula is C28H38N2O4. The number of ether oxygens (including phenoxy) is 2. The quantitative estimate of drug-likeness (QED) is 0.604. The van der Waals surface area contributed by atoms with E-state index in [1.807, 2.05) is 72.2 Å². The van der Waals surface area contributed by atoms with E-state index in [1.54, 1.807) is 0 Å². The largest absolute Gasteiger partial charge is 0.491 e. The van der Waals surface area contributed by atoms with Gasteiger partial charge < -0.3 is 19.3 Å². The highest BCUT2D eigenvalue weighted by Gasteiger charge is 2.27. The van der Waals surface area contributed by atoms with E-state index in [-0.39, 0.29) is 24.5 Å². The van der Waals surface area contributed by atoms with Gasteiger partial charge in [-0.2, -0.15) is 0 Å². The zero-order valence-electron chi connectivity index (χ0n) is 21.0. The molecule has 1 heterocycles. The zero-order valence-corrected chi connectivity index (χ0v) is 21.0. The summed E-state index contributed by atoms with van der Waals surface area (Å²) in [6, 6.07) is 15.0. The summed E-state index contributed by atoms with van der Waals surface area (Å²) in [7, 11) is 0. The summed E-state index contributed by atoms with van der Waals surface area (Å²) < 4.78 is 12.1. The van der Waals surface area contributed by atoms with Crippen molar-refractivity contribution < 1.29 is 19.1 Å². The topological polar surface area (TPSA) is 59.1 Å². The number of carbonyl (C=O) groups is 2. The van der Waals surface area contributed by atoms with E-state index in [1.165, 1.54) is 0 Å². The zero-order chi connectivity index (χ0) is 24.5. The van der Waals surface area contributed by atoms with Crippen LogP contribution in [0.25, 0.3) is 0 Å². The number of para-hydroxylation sites is 2. The van der Waals surface area contributed by atoms with Crippen LogP contribution < -0.4 is 9.47 Å². The first-order valence-electron chi connectivity index (χ1n) is 12.4. The molecule has 6 nitrogen and oxygen atoms in total. The third-order valence-electron chi connectivity index (χ3n) is 6.24. The molecule has 0 saturated heterocycles. The van der Waals surface area contributed by atoms with Crippen molar-refractivity contribution in [3.05, 3.63) is 59.7 Å². The third-order valence-corrected chi connectivity index (χ3v) is 6.24. The molecule has 0 bridgehead atoms. The van der Waals surface area contributed by atoms with Crippen molar-refractivity contribution in [1.29, 1.82) is 0 Å². The summed E-state index contributed by atoms with van der Waals surface area (Å²) in [6.07, 6.45) is 2.46. The molecule has 3 rings (SSSR count). The normalized spacial score (nSPS) is 17.4. The summed E-state index contributed by atoms with van der Waals surface area (Å²) in [4.78, 5) is 30.3. The molecule has 0 aliphatic carbocycles. The number of nitrogens with zero attached hydrogens (tertiary/aromatic N) is 2. The van der Waals surface area contributed by atoms with Gasteiger partial charge in [0.25, 0.3) is 11.8 Å². The summed E-state index contributed by atoms with van der Waals surface area (Å²) in [5, 5.41) is 0. The third kappa shape index (κ3) is 6.75. The van der Waals surface area contributed by atoms with Crippen LogP contribution in [-0.2, 0) is 4.79 Å². The number of carbonyl (C=O) groups excluding carboxylic acids is 2. The van der Waals surface area contributed by atoms with Gasteiger partial charge in [-0.15, -0.1) is 0 Å². The molecule has 1 aliphatic heterocycles. The van der Waals surface area contributed by atoms with Crippen LogP contribution in [0.15, 0.2) is 48.5 Å². The first-order valence-corrected chi connectivity index (χ1v) is 12.4. The lowest BCUT2D eigenvalue weighted by Gasteiger charge is -2.34.